The number of hydrogen-bond acceptors (Lipinski definition) is 1. The van der Waals surface area contributed by atoms with Gasteiger partial charge in [-0.25, -0.2) is 0 Å². The molecular weight excluding hydrogens is 184 g/mol. The third-order valence-corrected chi connectivity index (χ3v) is 3.06. The summed E-state index contributed by atoms with van der Waals surface area (Å²) in [5.74, 6) is 0. The molecule has 0 aliphatic rings. The van der Waals surface area contributed by atoms with E-state index in [1.54, 1.807) is 0 Å². The van der Waals surface area contributed by atoms with E-state index in [1.165, 1.54) is 27.5 Å². The molecule has 0 aliphatic heterocycles. The molecule has 1 nitrogen and oxygen atoms in total. The lowest BCUT2D eigenvalue weighted by atomic mass is 9.94. The average Bonchev–Trinajstić information content (AvgIpc) is 2.25. The Bertz CT molecular complexity index is 486. The van der Waals surface area contributed by atoms with Crippen LogP contribution in [0.5, 0.6) is 0 Å². The first-order chi connectivity index (χ1) is 7.24. The van der Waals surface area contributed by atoms with Crippen LogP contribution in [0.2, 0.25) is 0 Å². The number of rotatable bonds is 2. The van der Waals surface area contributed by atoms with Gasteiger partial charge in [-0.2, -0.15) is 0 Å². The highest BCUT2D eigenvalue weighted by Crippen LogP contribution is 2.25. The SMILES string of the molecule is Cc1cc2ccccc2c(CCO)c1C. The van der Waals surface area contributed by atoms with Gasteiger partial charge in [-0.1, -0.05) is 30.3 Å². The van der Waals surface area contributed by atoms with Crippen molar-refractivity contribution in [1.29, 1.82) is 0 Å². The van der Waals surface area contributed by atoms with Crippen LogP contribution in [0.15, 0.2) is 30.3 Å². The number of aliphatic hydroxyl groups is 1. The van der Waals surface area contributed by atoms with Crippen molar-refractivity contribution < 1.29 is 5.11 Å². The van der Waals surface area contributed by atoms with Crippen molar-refractivity contribution in [3.63, 3.8) is 0 Å². The predicted molar refractivity (Wildman–Crippen MR) is 64.2 cm³/mol. The number of fused-ring (bicyclic) bond motifs is 1. The van der Waals surface area contributed by atoms with Gasteiger partial charge in [-0.05, 0) is 47.7 Å². The fraction of sp³-hybridized carbons (Fsp3) is 0.286. The van der Waals surface area contributed by atoms with Gasteiger partial charge in [0.2, 0.25) is 0 Å². The van der Waals surface area contributed by atoms with Crippen LogP contribution in [0, 0.1) is 13.8 Å². The van der Waals surface area contributed by atoms with Crippen LogP contribution in [0.25, 0.3) is 10.8 Å². The summed E-state index contributed by atoms with van der Waals surface area (Å²) in [6, 6.07) is 10.6. The molecule has 78 valence electrons. The molecule has 0 amide bonds. The van der Waals surface area contributed by atoms with Crippen LogP contribution in [0.4, 0.5) is 0 Å². The maximum atomic E-state index is 9.09. The van der Waals surface area contributed by atoms with Gasteiger partial charge in [0.05, 0.1) is 0 Å². The Hall–Kier alpha value is -1.34. The number of aryl methyl sites for hydroxylation is 1. The Morgan fingerprint density at radius 1 is 1.13 bits per heavy atom. The molecule has 0 aliphatic carbocycles. The lowest BCUT2D eigenvalue weighted by Crippen LogP contribution is -1.97. The lowest BCUT2D eigenvalue weighted by Gasteiger charge is -2.12. The highest BCUT2D eigenvalue weighted by Gasteiger charge is 2.06. The Morgan fingerprint density at radius 3 is 2.60 bits per heavy atom. The largest absolute Gasteiger partial charge is 0.396 e. The standard InChI is InChI=1S/C14H16O/c1-10-9-12-5-3-4-6-14(12)13(7-8-15)11(10)2/h3-6,9,15H,7-8H2,1-2H3. The molecular formula is C14H16O. The highest BCUT2D eigenvalue weighted by molar-refractivity contribution is 5.87. The van der Waals surface area contributed by atoms with Gasteiger partial charge < -0.3 is 5.11 Å². The number of benzene rings is 2. The van der Waals surface area contributed by atoms with Crippen LogP contribution in [0.1, 0.15) is 16.7 Å². The van der Waals surface area contributed by atoms with Gasteiger partial charge in [0.1, 0.15) is 0 Å². The zero-order valence-electron chi connectivity index (χ0n) is 9.25. The van der Waals surface area contributed by atoms with Crippen molar-refractivity contribution in [2.45, 2.75) is 20.3 Å². The van der Waals surface area contributed by atoms with Crippen molar-refractivity contribution in [3.05, 3.63) is 47.0 Å². The summed E-state index contributed by atoms with van der Waals surface area (Å²) in [6.07, 6.45) is 0.744. The van der Waals surface area contributed by atoms with Crippen LogP contribution in [-0.4, -0.2) is 11.7 Å². The smallest absolute Gasteiger partial charge is 0.0471 e. The number of hydrogen-bond donors (Lipinski definition) is 1. The van der Waals surface area contributed by atoms with Gasteiger partial charge >= 0.3 is 0 Å². The van der Waals surface area contributed by atoms with Crippen molar-refractivity contribution in [2.75, 3.05) is 6.61 Å². The molecule has 0 spiro atoms. The topological polar surface area (TPSA) is 20.2 Å². The van der Waals surface area contributed by atoms with E-state index in [-0.39, 0.29) is 6.61 Å². The Labute approximate surface area is 90.4 Å². The first kappa shape index (κ1) is 10.2. The molecule has 1 heteroatoms. The van der Waals surface area contributed by atoms with Crippen molar-refractivity contribution in [3.8, 4) is 0 Å². The van der Waals surface area contributed by atoms with Crippen LogP contribution in [0.3, 0.4) is 0 Å². The molecule has 0 bridgehead atoms. The first-order valence-corrected chi connectivity index (χ1v) is 5.32. The minimum atomic E-state index is 0.217. The third kappa shape index (κ3) is 1.75. The zero-order chi connectivity index (χ0) is 10.8. The lowest BCUT2D eigenvalue weighted by molar-refractivity contribution is 0.300. The van der Waals surface area contributed by atoms with Gasteiger partial charge in [0.15, 0.2) is 0 Å². The quantitative estimate of drug-likeness (QED) is 0.790. The van der Waals surface area contributed by atoms with Crippen molar-refractivity contribution >= 4 is 10.8 Å². The van der Waals surface area contributed by atoms with Crippen LogP contribution >= 0.6 is 0 Å². The second-order valence-electron chi connectivity index (χ2n) is 3.99. The minimum absolute atomic E-state index is 0.217. The molecule has 1 N–H and O–H groups in total. The van der Waals surface area contributed by atoms with E-state index in [2.05, 4.69) is 44.2 Å². The molecule has 2 aromatic rings. The van der Waals surface area contributed by atoms with E-state index < -0.39 is 0 Å². The molecule has 0 radical (unpaired) electrons. The maximum absolute atomic E-state index is 9.09. The zero-order valence-corrected chi connectivity index (χ0v) is 9.25. The molecule has 2 rings (SSSR count). The third-order valence-electron chi connectivity index (χ3n) is 3.06. The summed E-state index contributed by atoms with van der Waals surface area (Å²) in [7, 11) is 0. The summed E-state index contributed by atoms with van der Waals surface area (Å²) in [5, 5.41) is 11.6. The maximum Gasteiger partial charge on any atom is 0.0471 e. The van der Waals surface area contributed by atoms with E-state index in [0.29, 0.717) is 0 Å². The molecule has 0 heterocycles. The Kier molecular flexibility index (Phi) is 2.74. The summed E-state index contributed by atoms with van der Waals surface area (Å²) in [4.78, 5) is 0. The summed E-state index contributed by atoms with van der Waals surface area (Å²) in [6.45, 7) is 4.48. The number of aliphatic hydroxyl groups excluding tert-OH is 1. The van der Waals surface area contributed by atoms with Crippen LogP contribution < -0.4 is 0 Å². The molecule has 0 atom stereocenters. The van der Waals surface area contributed by atoms with Gasteiger partial charge in [0, 0.05) is 6.61 Å². The molecule has 0 aromatic heterocycles. The highest BCUT2D eigenvalue weighted by atomic mass is 16.2. The van der Waals surface area contributed by atoms with E-state index >= 15 is 0 Å². The van der Waals surface area contributed by atoms with Crippen molar-refractivity contribution in [1.82, 2.24) is 0 Å². The van der Waals surface area contributed by atoms with E-state index in [9.17, 15) is 0 Å². The van der Waals surface area contributed by atoms with E-state index in [1.807, 2.05) is 0 Å². The molecule has 0 saturated carbocycles. The summed E-state index contributed by atoms with van der Waals surface area (Å²) < 4.78 is 0. The fourth-order valence-corrected chi connectivity index (χ4v) is 2.11. The molecule has 0 fully saturated rings. The molecule has 15 heavy (non-hydrogen) atoms. The van der Waals surface area contributed by atoms with E-state index in [0.717, 1.165) is 6.42 Å². The minimum Gasteiger partial charge on any atom is -0.396 e. The summed E-state index contributed by atoms with van der Waals surface area (Å²) >= 11 is 0. The average molecular weight is 200 g/mol. The Morgan fingerprint density at radius 2 is 1.87 bits per heavy atom. The normalized spacial score (nSPS) is 10.9. The van der Waals surface area contributed by atoms with Gasteiger partial charge in [-0.15, -0.1) is 0 Å². The first-order valence-electron chi connectivity index (χ1n) is 5.32. The van der Waals surface area contributed by atoms with Gasteiger partial charge in [-0.3, -0.25) is 0 Å². The fourth-order valence-electron chi connectivity index (χ4n) is 2.11. The predicted octanol–water partition coefficient (Wildman–Crippen LogP) is 2.99. The van der Waals surface area contributed by atoms with Gasteiger partial charge in [0.25, 0.3) is 0 Å². The molecule has 2 aromatic carbocycles. The molecule has 0 saturated heterocycles. The molecule has 0 unspecified atom stereocenters. The Balaban J connectivity index is 2.77. The van der Waals surface area contributed by atoms with Crippen LogP contribution in [-0.2, 0) is 6.42 Å². The van der Waals surface area contributed by atoms with E-state index in [4.69, 9.17) is 5.11 Å². The second kappa shape index (κ2) is 4.03. The second-order valence-corrected chi connectivity index (χ2v) is 3.99. The monoisotopic (exact) mass is 200 g/mol. The van der Waals surface area contributed by atoms with Crippen molar-refractivity contribution in [2.24, 2.45) is 0 Å². The summed E-state index contributed by atoms with van der Waals surface area (Å²) in [5.41, 5.74) is 3.90.